The largest absolute Gasteiger partial charge is 0.493 e. The van der Waals surface area contributed by atoms with Crippen LogP contribution < -0.4 is 15.2 Å². The summed E-state index contributed by atoms with van der Waals surface area (Å²) in [5.41, 5.74) is 8.18. The summed E-state index contributed by atoms with van der Waals surface area (Å²) in [5.74, 6) is 1.22. The van der Waals surface area contributed by atoms with Gasteiger partial charge in [-0.25, -0.2) is 0 Å². The van der Waals surface area contributed by atoms with Crippen LogP contribution in [0.15, 0.2) is 42.5 Å². The third kappa shape index (κ3) is 6.40. The van der Waals surface area contributed by atoms with E-state index in [1.54, 1.807) is 14.2 Å². The van der Waals surface area contributed by atoms with E-state index in [-0.39, 0.29) is 12.4 Å². The highest BCUT2D eigenvalue weighted by atomic mass is 35.5. The predicted octanol–water partition coefficient (Wildman–Crippen LogP) is 3.78. The SMILES string of the molecule is COc1cc(CN(CCN)CCc2ccccc2)cc(Cl)c1OC.Cl. The quantitative estimate of drug-likeness (QED) is 0.714. The van der Waals surface area contributed by atoms with Gasteiger partial charge in [0.2, 0.25) is 0 Å². The van der Waals surface area contributed by atoms with Gasteiger partial charge in [0.15, 0.2) is 11.5 Å². The van der Waals surface area contributed by atoms with Crippen LogP contribution in [0, 0.1) is 0 Å². The van der Waals surface area contributed by atoms with Gasteiger partial charge in [-0.2, -0.15) is 0 Å². The van der Waals surface area contributed by atoms with Gasteiger partial charge in [0.25, 0.3) is 0 Å². The molecule has 2 N–H and O–H groups in total. The molecule has 0 aliphatic carbocycles. The summed E-state index contributed by atoms with van der Waals surface area (Å²) in [4.78, 5) is 2.32. The van der Waals surface area contributed by atoms with E-state index in [2.05, 4.69) is 29.2 Å². The minimum Gasteiger partial charge on any atom is -0.493 e. The molecule has 2 rings (SSSR count). The van der Waals surface area contributed by atoms with Crippen molar-refractivity contribution in [1.29, 1.82) is 0 Å². The van der Waals surface area contributed by atoms with Crippen LogP contribution in [-0.2, 0) is 13.0 Å². The molecule has 0 saturated carbocycles. The van der Waals surface area contributed by atoms with E-state index in [1.807, 2.05) is 18.2 Å². The Morgan fingerprint density at radius 2 is 1.72 bits per heavy atom. The van der Waals surface area contributed by atoms with Crippen molar-refractivity contribution in [3.05, 3.63) is 58.6 Å². The van der Waals surface area contributed by atoms with Crippen molar-refractivity contribution in [1.82, 2.24) is 4.90 Å². The fourth-order valence-electron chi connectivity index (χ4n) is 2.71. The third-order valence-electron chi connectivity index (χ3n) is 3.90. The number of benzene rings is 2. The van der Waals surface area contributed by atoms with Crippen molar-refractivity contribution < 1.29 is 9.47 Å². The Morgan fingerprint density at radius 3 is 2.32 bits per heavy atom. The van der Waals surface area contributed by atoms with Gasteiger partial charge in [-0.05, 0) is 29.7 Å². The number of nitrogens with two attached hydrogens (primary N) is 1. The van der Waals surface area contributed by atoms with E-state index in [0.29, 0.717) is 23.1 Å². The molecule has 0 unspecified atom stereocenters. The van der Waals surface area contributed by atoms with Crippen LogP contribution in [0.25, 0.3) is 0 Å². The highest BCUT2D eigenvalue weighted by molar-refractivity contribution is 6.32. The lowest BCUT2D eigenvalue weighted by Crippen LogP contribution is -2.31. The molecule has 0 bridgehead atoms. The van der Waals surface area contributed by atoms with Gasteiger partial charge < -0.3 is 15.2 Å². The van der Waals surface area contributed by atoms with Gasteiger partial charge >= 0.3 is 0 Å². The van der Waals surface area contributed by atoms with E-state index in [9.17, 15) is 0 Å². The van der Waals surface area contributed by atoms with E-state index in [1.165, 1.54) is 5.56 Å². The Morgan fingerprint density at radius 1 is 1.00 bits per heavy atom. The second-order valence-electron chi connectivity index (χ2n) is 5.61. The molecule has 0 aliphatic rings. The fraction of sp³-hybridized carbons (Fsp3) is 0.368. The monoisotopic (exact) mass is 384 g/mol. The molecule has 0 heterocycles. The standard InChI is InChI=1S/C19H25ClN2O2.ClH/c1-23-18-13-16(12-17(20)19(18)24-2)14-22(11-9-21)10-8-15-6-4-3-5-7-15;/h3-7,12-13H,8-11,14,21H2,1-2H3;1H. The average Bonchev–Trinajstić information content (AvgIpc) is 2.60. The molecular weight excluding hydrogens is 359 g/mol. The van der Waals surface area contributed by atoms with Crippen LogP contribution in [0.5, 0.6) is 11.5 Å². The lowest BCUT2D eigenvalue weighted by Gasteiger charge is -2.22. The first-order valence-corrected chi connectivity index (χ1v) is 8.42. The normalized spacial score (nSPS) is 10.4. The fourth-order valence-corrected chi connectivity index (χ4v) is 3.02. The average molecular weight is 385 g/mol. The minimum atomic E-state index is 0. The maximum Gasteiger partial charge on any atom is 0.179 e. The van der Waals surface area contributed by atoms with Crippen LogP contribution in [0.3, 0.4) is 0 Å². The highest BCUT2D eigenvalue weighted by Crippen LogP contribution is 2.36. The first-order chi connectivity index (χ1) is 11.7. The molecule has 0 amide bonds. The molecule has 2 aromatic carbocycles. The van der Waals surface area contributed by atoms with Gasteiger partial charge in [-0.1, -0.05) is 41.9 Å². The zero-order chi connectivity index (χ0) is 17.4. The topological polar surface area (TPSA) is 47.7 Å². The molecule has 0 spiro atoms. The smallest absolute Gasteiger partial charge is 0.179 e. The van der Waals surface area contributed by atoms with Crippen molar-refractivity contribution in [2.75, 3.05) is 33.9 Å². The summed E-state index contributed by atoms with van der Waals surface area (Å²) >= 11 is 6.30. The number of hydrogen-bond acceptors (Lipinski definition) is 4. The van der Waals surface area contributed by atoms with Gasteiger partial charge in [0, 0.05) is 26.2 Å². The van der Waals surface area contributed by atoms with Crippen molar-refractivity contribution in [3.63, 3.8) is 0 Å². The first-order valence-electron chi connectivity index (χ1n) is 8.04. The molecular formula is C19H26Cl2N2O2. The lowest BCUT2D eigenvalue weighted by molar-refractivity contribution is 0.275. The number of halogens is 2. The predicted molar refractivity (Wildman–Crippen MR) is 106 cm³/mol. The number of nitrogens with zero attached hydrogens (tertiary/aromatic N) is 1. The van der Waals surface area contributed by atoms with Gasteiger partial charge in [-0.15, -0.1) is 12.4 Å². The van der Waals surface area contributed by atoms with E-state index in [4.69, 9.17) is 26.8 Å². The molecule has 6 heteroatoms. The summed E-state index contributed by atoms with van der Waals surface area (Å²) in [5, 5.41) is 0.558. The Labute approximate surface area is 161 Å². The Kier molecular flexibility index (Phi) is 9.68. The minimum absolute atomic E-state index is 0. The van der Waals surface area contributed by atoms with Crippen molar-refractivity contribution in [3.8, 4) is 11.5 Å². The maximum absolute atomic E-state index is 6.30. The summed E-state index contributed by atoms with van der Waals surface area (Å²) in [6.45, 7) is 3.16. The van der Waals surface area contributed by atoms with Crippen molar-refractivity contribution in [2.45, 2.75) is 13.0 Å². The molecule has 0 radical (unpaired) electrons. The maximum atomic E-state index is 6.30. The zero-order valence-electron chi connectivity index (χ0n) is 14.7. The van der Waals surface area contributed by atoms with Crippen molar-refractivity contribution >= 4 is 24.0 Å². The second kappa shape index (κ2) is 11.2. The molecule has 0 atom stereocenters. The zero-order valence-corrected chi connectivity index (χ0v) is 16.3. The Bertz CT molecular complexity index is 639. The molecule has 0 fully saturated rings. The van der Waals surface area contributed by atoms with E-state index >= 15 is 0 Å². The molecule has 25 heavy (non-hydrogen) atoms. The molecule has 2 aromatic rings. The summed E-state index contributed by atoms with van der Waals surface area (Å²) in [6, 6.07) is 14.4. The highest BCUT2D eigenvalue weighted by Gasteiger charge is 2.13. The van der Waals surface area contributed by atoms with Gasteiger partial charge in [0.05, 0.1) is 19.2 Å². The van der Waals surface area contributed by atoms with Crippen molar-refractivity contribution in [2.24, 2.45) is 5.73 Å². The van der Waals surface area contributed by atoms with E-state index < -0.39 is 0 Å². The molecule has 0 saturated heterocycles. The third-order valence-corrected chi connectivity index (χ3v) is 4.19. The molecule has 0 aromatic heterocycles. The number of rotatable bonds is 9. The van der Waals surface area contributed by atoms with Crippen LogP contribution in [0.4, 0.5) is 0 Å². The van der Waals surface area contributed by atoms with Crippen LogP contribution in [0.2, 0.25) is 5.02 Å². The Hall–Kier alpha value is -1.46. The summed E-state index contributed by atoms with van der Waals surface area (Å²) in [6.07, 6.45) is 0.988. The van der Waals surface area contributed by atoms with Crippen LogP contribution in [0.1, 0.15) is 11.1 Å². The van der Waals surface area contributed by atoms with E-state index in [0.717, 1.165) is 31.6 Å². The van der Waals surface area contributed by atoms with Gasteiger partial charge in [0.1, 0.15) is 0 Å². The Balaban J connectivity index is 0.00000312. The first kappa shape index (κ1) is 21.6. The van der Waals surface area contributed by atoms with Crippen LogP contribution in [-0.4, -0.2) is 38.8 Å². The number of ether oxygens (including phenoxy) is 2. The second-order valence-corrected chi connectivity index (χ2v) is 6.02. The molecule has 138 valence electrons. The summed E-state index contributed by atoms with van der Waals surface area (Å²) in [7, 11) is 3.20. The van der Waals surface area contributed by atoms with Gasteiger partial charge in [-0.3, -0.25) is 4.90 Å². The number of hydrogen-bond donors (Lipinski definition) is 1. The number of methoxy groups -OCH3 is 2. The molecule has 0 aliphatic heterocycles. The molecule has 4 nitrogen and oxygen atoms in total. The van der Waals surface area contributed by atoms with Crippen LogP contribution >= 0.6 is 24.0 Å². The summed E-state index contributed by atoms with van der Waals surface area (Å²) < 4.78 is 10.7. The lowest BCUT2D eigenvalue weighted by atomic mass is 10.1.